The fraction of sp³-hybridized carbons (Fsp3) is 0.0959. The highest BCUT2D eigenvalue weighted by atomic mass is 28.3. The van der Waals surface area contributed by atoms with Gasteiger partial charge in [0.1, 0.15) is 8.07 Å². The number of hydrogen-bond donors (Lipinski definition) is 0. The molecule has 14 aromatic rings. The second-order valence-electron chi connectivity index (χ2n) is 22.2. The lowest BCUT2D eigenvalue weighted by Crippen LogP contribution is -2.61. The van der Waals surface area contributed by atoms with Crippen LogP contribution in [0.15, 0.2) is 237 Å². The Morgan fingerprint density at radius 1 is 0.299 bits per heavy atom. The minimum Gasteiger partial charge on any atom is -0.311 e. The molecule has 0 atom stereocenters. The van der Waals surface area contributed by atoms with Crippen LogP contribution in [0, 0.1) is 0 Å². The predicted octanol–water partition coefficient (Wildman–Crippen LogP) is 19.2. The molecule has 0 spiro atoms. The van der Waals surface area contributed by atoms with Crippen molar-refractivity contribution in [2.75, 3.05) is 9.80 Å². The minimum absolute atomic E-state index is 0.291. The van der Waals surface area contributed by atoms with Crippen molar-refractivity contribution in [2.45, 2.75) is 45.2 Å². The van der Waals surface area contributed by atoms with E-state index in [-0.39, 0.29) is 5.41 Å². The molecule has 0 N–H and O–H groups in total. The van der Waals surface area contributed by atoms with E-state index in [1.165, 1.54) is 138 Å². The van der Waals surface area contributed by atoms with Gasteiger partial charge in [0.05, 0.1) is 22.4 Å². The van der Waals surface area contributed by atoms with Gasteiger partial charge >= 0.3 is 0 Å². The van der Waals surface area contributed by atoms with Crippen LogP contribution < -0.4 is 20.2 Å². The molecule has 0 unspecified atom stereocenters. The van der Waals surface area contributed by atoms with E-state index < -0.39 is 8.07 Å². The summed E-state index contributed by atoms with van der Waals surface area (Å²) in [5.74, 6) is 0. The number of anilines is 6. The Bertz CT molecular complexity index is 4760. The Labute approximate surface area is 449 Å². The van der Waals surface area contributed by atoms with Crippen LogP contribution in [0.4, 0.5) is 34.1 Å². The second kappa shape index (κ2) is 16.3. The van der Waals surface area contributed by atoms with Crippen LogP contribution in [0.1, 0.15) is 38.8 Å². The van der Waals surface area contributed by atoms with E-state index in [9.17, 15) is 0 Å². The van der Waals surface area contributed by atoms with Gasteiger partial charge in [0.25, 0.3) is 0 Å². The highest BCUT2D eigenvalue weighted by Gasteiger charge is 2.43. The Hall–Kier alpha value is -8.96. The molecule has 0 aliphatic carbocycles. The van der Waals surface area contributed by atoms with Crippen LogP contribution in [0.2, 0.25) is 12.1 Å². The lowest BCUT2D eigenvalue weighted by Gasteiger charge is -2.44. The molecule has 2 aliphatic rings. The molecule has 0 saturated heterocycles. The van der Waals surface area contributed by atoms with Crippen LogP contribution in [0.3, 0.4) is 0 Å². The first kappa shape index (κ1) is 44.3. The van der Waals surface area contributed by atoms with Crippen molar-refractivity contribution in [3.05, 3.63) is 248 Å². The van der Waals surface area contributed by atoms with Gasteiger partial charge in [-0.3, -0.25) is 0 Å². The van der Waals surface area contributed by atoms with Crippen molar-refractivity contribution in [1.29, 1.82) is 0 Å². The zero-order valence-corrected chi connectivity index (χ0v) is 44.8. The SMILES string of the molecule is CC[Si]1(CC)c2ccccc2N(c2ccc3c4ccc(N5c6ccccc6C(C)(C)c6cc7c8cc9c%10ccccc%10c%10ccccc%10c9cc8n(-c8ccccc8)c7cc65)cc4c4ccccc4c3c2)c2ccccc21. The van der Waals surface area contributed by atoms with Crippen molar-refractivity contribution in [3.8, 4) is 5.69 Å². The van der Waals surface area contributed by atoms with Crippen molar-refractivity contribution >= 4 is 139 Å². The smallest absolute Gasteiger partial charge is 0.123 e. The molecule has 13 aromatic carbocycles. The molecule has 0 radical (unpaired) electrons. The third kappa shape index (κ3) is 6.02. The summed E-state index contributed by atoms with van der Waals surface area (Å²) >= 11 is 0. The van der Waals surface area contributed by atoms with Gasteiger partial charge in [-0.25, -0.2) is 0 Å². The van der Waals surface area contributed by atoms with E-state index in [1.54, 1.807) is 10.4 Å². The summed E-state index contributed by atoms with van der Waals surface area (Å²) in [6.45, 7) is 9.66. The molecule has 0 fully saturated rings. The third-order valence-electron chi connectivity index (χ3n) is 18.3. The molecule has 1 aromatic heterocycles. The second-order valence-corrected chi connectivity index (χ2v) is 26.9. The fourth-order valence-electron chi connectivity index (χ4n) is 14.7. The van der Waals surface area contributed by atoms with Gasteiger partial charge < -0.3 is 14.4 Å². The Balaban J connectivity index is 0.931. The topological polar surface area (TPSA) is 11.4 Å². The summed E-state index contributed by atoms with van der Waals surface area (Å²) in [5.41, 5.74) is 13.3. The maximum absolute atomic E-state index is 2.56. The van der Waals surface area contributed by atoms with E-state index in [1.807, 2.05) is 0 Å². The number of para-hydroxylation sites is 4. The average Bonchev–Trinajstić information content (AvgIpc) is 3.85. The molecule has 0 saturated carbocycles. The largest absolute Gasteiger partial charge is 0.311 e. The lowest BCUT2D eigenvalue weighted by atomic mass is 9.73. The summed E-state index contributed by atoms with van der Waals surface area (Å²) < 4.78 is 2.52. The maximum Gasteiger partial charge on any atom is 0.123 e. The number of benzene rings is 13. The van der Waals surface area contributed by atoms with E-state index in [2.05, 4.69) is 279 Å². The lowest BCUT2D eigenvalue weighted by molar-refractivity contribution is 0.633. The van der Waals surface area contributed by atoms with E-state index in [4.69, 9.17) is 0 Å². The minimum atomic E-state index is -1.97. The van der Waals surface area contributed by atoms with Gasteiger partial charge in [0, 0.05) is 44.6 Å². The molecule has 0 bridgehead atoms. The van der Waals surface area contributed by atoms with Crippen LogP contribution in [0.5, 0.6) is 0 Å². The first-order valence-corrected chi connectivity index (χ1v) is 30.0. The monoisotopic (exact) mass is 1000 g/mol. The summed E-state index contributed by atoms with van der Waals surface area (Å²) in [4.78, 5) is 5.11. The predicted molar refractivity (Wildman–Crippen MR) is 333 cm³/mol. The quantitative estimate of drug-likeness (QED) is 0.126. The molecular weight excluding hydrogens is 947 g/mol. The van der Waals surface area contributed by atoms with Gasteiger partial charge in [-0.05, 0) is 165 Å². The molecule has 2 aliphatic heterocycles. The zero-order valence-electron chi connectivity index (χ0n) is 43.8. The van der Waals surface area contributed by atoms with E-state index in [0.29, 0.717) is 0 Å². The third-order valence-corrected chi connectivity index (χ3v) is 23.7. The van der Waals surface area contributed by atoms with E-state index >= 15 is 0 Å². The number of fused-ring (bicyclic) bond motifs is 19. The fourth-order valence-corrected chi connectivity index (χ4v) is 19.2. The van der Waals surface area contributed by atoms with Gasteiger partial charge in [-0.1, -0.05) is 198 Å². The van der Waals surface area contributed by atoms with Crippen LogP contribution in [-0.2, 0) is 5.41 Å². The van der Waals surface area contributed by atoms with Gasteiger partial charge in [-0.15, -0.1) is 0 Å². The first-order valence-electron chi connectivity index (χ1n) is 27.5. The molecule has 4 heteroatoms. The van der Waals surface area contributed by atoms with Crippen molar-refractivity contribution in [1.82, 2.24) is 4.57 Å². The summed E-state index contributed by atoms with van der Waals surface area (Å²) in [6.07, 6.45) is 0. The van der Waals surface area contributed by atoms with Crippen LogP contribution >= 0.6 is 0 Å². The number of rotatable bonds is 5. The zero-order chi connectivity index (χ0) is 51.3. The van der Waals surface area contributed by atoms with E-state index in [0.717, 1.165) is 11.4 Å². The summed E-state index contributed by atoms with van der Waals surface area (Å²) in [6, 6.07) is 92.4. The van der Waals surface area contributed by atoms with Crippen molar-refractivity contribution < 1.29 is 0 Å². The van der Waals surface area contributed by atoms with Crippen LogP contribution in [0.25, 0.3) is 92.1 Å². The Morgan fingerprint density at radius 3 is 1.25 bits per heavy atom. The normalized spacial score (nSPS) is 14.5. The molecule has 3 heterocycles. The maximum atomic E-state index is 2.56. The highest BCUT2D eigenvalue weighted by Crippen LogP contribution is 2.55. The van der Waals surface area contributed by atoms with Gasteiger partial charge in [0.2, 0.25) is 0 Å². The molecular formula is C73H55N3Si. The van der Waals surface area contributed by atoms with Gasteiger partial charge in [0.15, 0.2) is 0 Å². The summed E-state index contributed by atoms with van der Waals surface area (Å²) in [7, 11) is -1.97. The molecule has 0 amide bonds. The standard InChI is InChI=1S/C73H55N3Si/c1-5-77(6-2)71-34-20-18-32-66(71)76(67-33-19-21-35-72(67)77)48-37-39-56-55-38-36-47(40-57(55)53-28-14-15-29-54(53)58(56)41-48)75-65-31-17-16-30-63(65)73(3,4)64-43-62-61-42-59-51-26-12-10-24-49(51)50-25-11-13-27-52(50)60(59)44-68(61)74(69(62)45-70(64)75)46-22-8-7-9-23-46/h7-45H,5-6H2,1-4H3. The van der Waals surface area contributed by atoms with Crippen molar-refractivity contribution in [2.24, 2.45) is 0 Å². The van der Waals surface area contributed by atoms with Crippen molar-refractivity contribution in [3.63, 3.8) is 0 Å². The number of nitrogens with zero attached hydrogens (tertiary/aromatic N) is 3. The molecule has 366 valence electrons. The Kier molecular flexibility index (Phi) is 9.37. The molecule has 3 nitrogen and oxygen atoms in total. The van der Waals surface area contributed by atoms with Crippen LogP contribution in [-0.4, -0.2) is 12.6 Å². The van der Waals surface area contributed by atoms with Gasteiger partial charge in [-0.2, -0.15) is 0 Å². The number of hydrogen-bond acceptors (Lipinski definition) is 2. The molecule has 16 rings (SSSR count). The summed E-state index contributed by atoms with van der Waals surface area (Å²) in [5, 5.41) is 20.9. The Morgan fingerprint density at radius 2 is 0.701 bits per heavy atom. The first-order chi connectivity index (χ1) is 37.9. The molecule has 77 heavy (non-hydrogen) atoms. The highest BCUT2D eigenvalue weighted by molar-refractivity contribution is 7.04. The number of aromatic nitrogens is 1. The average molecular weight is 1000 g/mol.